The SMILES string of the molecule is CCOC(=O)C1=C(C)c2c(n(CCc3ccccc3)c(=O)n(C(C)C(=O)O)c2=O)C1. The lowest BCUT2D eigenvalue weighted by Gasteiger charge is -2.18. The lowest BCUT2D eigenvalue weighted by atomic mass is 10.1. The van der Waals surface area contributed by atoms with Crippen molar-refractivity contribution in [3.8, 4) is 0 Å². The molecule has 0 bridgehead atoms. The Balaban J connectivity index is 2.17. The van der Waals surface area contributed by atoms with Crippen molar-refractivity contribution in [2.24, 2.45) is 0 Å². The van der Waals surface area contributed by atoms with Crippen LogP contribution in [0.25, 0.3) is 5.57 Å². The number of aliphatic carboxylic acids is 1. The number of carbonyl (C=O) groups excluding carboxylic acids is 1. The number of hydrogen-bond acceptors (Lipinski definition) is 5. The summed E-state index contributed by atoms with van der Waals surface area (Å²) in [7, 11) is 0. The van der Waals surface area contributed by atoms with Crippen molar-refractivity contribution >= 4 is 17.5 Å². The van der Waals surface area contributed by atoms with Gasteiger partial charge in [0.25, 0.3) is 5.56 Å². The molecule has 2 aromatic rings. The van der Waals surface area contributed by atoms with Crippen molar-refractivity contribution in [2.45, 2.75) is 46.2 Å². The van der Waals surface area contributed by atoms with Crippen LogP contribution in [0, 0.1) is 0 Å². The minimum Gasteiger partial charge on any atom is -0.480 e. The van der Waals surface area contributed by atoms with Crippen molar-refractivity contribution in [1.29, 1.82) is 0 Å². The number of carboxylic acid groups (broad SMARTS) is 1. The molecule has 0 radical (unpaired) electrons. The van der Waals surface area contributed by atoms with Gasteiger partial charge in [0.1, 0.15) is 6.04 Å². The number of allylic oxidation sites excluding steroid dienone is 1. The van der Waals surface area contributed by atoms with E-state index in [1.807, 2.05) is 30.3 Å². The second-order valence-corrected chi connectivity index (χ2v) is 7.18. The normalized spacial score (nSPS) is 13.8. The number of rotatable bonds is 7. The third-order valence-electron chi connectivity index (χ3n) is 5.39. The minimum absolute atomic E-state index is 0.0988. The molecule has 30 heavy (non-hydrogen) atoms. The highest BCUT2D eigenvalue weighted by Gasteiger charge is 2.33. The van der Waals surface area contributed by atoms with Crippen LogP contribution in [0.2, 0.25) is 0 Å². The first-order chi connectivity index (χ1) is 14.3. The van der Waals surface area contributed by atoms with Gasteiger partial charge in [-0.2, -0.15) is 0 Å². The molecule has 1 N–H and O–H groups in total. The fraction of sp³-hybridized carbons (Fsp3) is 0.364. The molecular weight excluding hydrogens is 388 g/mol. The Morgan fingerprint density at radius 3 is 2.47 bits per heavy atom. The quantitative estimate of drug-likeness (QED) is 0.695. The molecule has 0 amide bonds. The molecule has 0 aliphatic heterocycles. The Morgan fingerprint density at radius 2 is 1.87 bits per heavy atom. The molecule has 1 unspecified atom stereocenters. The third-order valence-corrected chi connectivity index (χ3v) is 5.39. The van der Waals surface area contributed by atoms with Crippen molar-refractivity contribution in [3.05, 3.63) is 73.6 Å². The van der Waals surface area contributed by atoms with E-state index in [2.05, 4.69) is 0 Å². The molecule has 0 saturated heterocycles. The van der Waals surface area contributed by atoms with Crippen LogP contribution in [0.1, 0.15) is 43.6 Å². The Kier molecular flexibility index (Phi) is 6.05. The number of carbonyl (C=O) groups is 2. The van der Waals surface area contributed by atoms with E-state index >= 15 is 0 Å². The molecule has 1 aromatic heterocycles. The number of esters is 1. The van der Waals surface area contributed by atoms with Gasteiger partial charge in [-0.1, -0.05) is 30.3 Å². The first kappa shape index (κ1) is 21.3. The van der Waals surface area contributed by atoms with Gasteiger partial charge in [0, 0.05) is 24.2 Å². The standard InChI is InChI=1S/C22H24N2O6/c1-4-30-21(28)16-12-17-18(13(16)2)19(25)24(14(3)20(26)27)22(29)23(17)11-10-15-8-6-5-7-9-15/h5-9,14H,4,10-12H2,1-3H3,(H,26,27). The number of aryl methyl sites for hydroxylation is 1. The lowest BCUT2D eigenvalue weighted by molar-refractivity contribution is -0.140. The van der Waals surface area contributed by atoms with Gasteiger partial charge in [0.15, 0.2) is 0 Å². The molecular formula is C22H24N2O6. The van der Waals surface area contributed by atoms with Crippen LogP contribution < -0.4 is 11.2 Å². The average Bonchev–Trinajstić information content (AvgIpc) is 3.06. The maximum Gasteiger partial charge on any atom is 0.334 e. The predicted octanol–water partition coefficient (Wildman–Crippen LogP) is 1.79. The fourth-order valence-electron chi connectivity index (χ4n) is 3.73. The Morgan fingerprint density at radius 1 is 1.20 bits per heavy atom. The second-order valence-electron chi connectivity index (χ2n) is 7.18. The first-order valence-electron chi connectivity index (χ1n) is 9.80. The summed E-state index contributed by atoms with van der Waals surface area (Å²) in [6.07, 6.45) is 0.613. The molecule has 8 heteroatoms. The van der Waals surface area contributed by atoms with E-state index in [0.717, 1.165) is 10.1 Å². The van der Waals surface area contributed by atoms with Crippen LogP contribution in [-0.4, -0.2) is 32.8 Å². The van der Waals surface area contributed by atoms with Gasteiger partial charge >= 0.3 is 17.6 Å². The zero-order valence-electron chi connectivity index (χ0n) is 17.2. The highest BCUT2D eigenvalue weighted by molar-refractivity contribution is 6.00. The summed E-state index contributed by atoms with van der Waals surface area (Å²) in [4.78, 5) is 50.2. The van der Waals surface area contributed by atoms with Gasteiger partial charge in [0.2, 0.25) is 0 Å². The number of benzene rings is 1. The first-order valence-corrected chi connectivity index (χ1v) is 9.80. The van der Waals surface area contributed by atoms with E-state index in [1.54, 1.807) is 13.8 Å². The third kappa shape index (κ3) is 3.72. The van der Waals surface area contributed by atoms with Crippen LogP contribution in [0.15, 0.2) is 45.5 Å². The zero-order valence-corrected chi connectivity index (χ0v) is 17.2. The Bertz CT molecular complexity index is 1140. The van der Waals surface area contributed by atoms with E-state index in [9.17, 15) is 24.3 Å². The summed E-state index contributed by atoms with van der Waals surface area (Å²) in [5, 5.41) is 9.41. The molecule has 158 valence electrons. The van der Waals surface area contributed by atoms with Crippen LogP contribution in [0.5, 0.6) is 0 Å². The number of aromatic nitrogens is 2. The van der Waals surface area contributed by atoms with E-state index in [1.165, 1.54) is 11.5 Å². The second kappa shape index (κ2) is 8.52. The smallest absolute Gasteiger partial charge is 0.334 e. The van der Waals surface area contributed by atoms with Crippen LogP contribution in [-0.2, 0) is 33.7 Å². The molecule has 1 aliphatic rings. The molecule has 3 rings (SSSR count). The number of nitrogens with zero attached hydrogens (tertiary/aromatic N) is 2. The molecule has 0 spiro atoms. The van der Waals surface area contributed by atoms with E-state index < -0.39 is 29.2 Å². The van der Waals surface area contributed by atoms with E-state index in [4.69, 9.17) is 4.74 Å². The lowest BCUT2D eigenvalue weighted by Crippen LogP contribution is -2.46. The summed E-state index contributed by atoms with van der Waals surface area (Å²) >= 11 is 0. The molecule has 1 atom stereocenters. The van der Waals surface area contributed by atoms with E-state index in [0.29, 0.717) is 23.3 Å². The zero-order chi connectivity index (χ0) is 22.0. The highest BCUT2D eigenvalue weighted by atomic mass is 16.5. The number of fused-ring (bicyclic) bond motifs is 1. The summed E-state index contributed by atoms with van der Waals surface area (Å²) in [5.74, 6) is -1.82. The van der Waals surface area contributed by atoms with Crippen LogP contribution in [0.3, 0.4) is 0 Å². The summed E-state index contributed by atoms with van der Waals surface area (Å²) in [6.45, 7) is 5.04. The van der Waals surface area contributed by atoms with Crippen LogP contribution >= 0.6 is 0 Å². The van der Waals surface area contributed by atoms with Crippen molar-refractivity contribution < 1.29 is 19.4 Å². The van der Waals surface area contributed by atoms with Gasteiger partial charge in [-0.05, 0) is 38.3 Å². The van der Waals surface area contributed by atoms with Crippen molar-refractivity contribution in [3.63, 3.8) is 0 Å². The molecule has 1 aliphatic carbocycles. The topological polar surface area (TPSA) is 108 Å². The minimum atomic E-state index is -1.34. The molecule has 0 fully saturated rings. The Labute approximate surface area is 173 Å². The number of ether oxygens (including phenoxy) is 1. The molecule has 1 aromatic carbocycles. The summed E-state index contributed by atoms with van der Waals surface area (Å²) in [6, 6.07) is 8.18. The van der Waals surface area contributed by atoms with Gasteiger partial charge in [-0.15, -0.1) is 0 Å². The highest BCUT2D eigenvalue weighted by Crippen LogP contribution is 2.30. The van der Waals surface area contributed by atoms with Crippen molar-refractivity contribution in [1.82, 2.24) is 9.13 Å². The van der Waals surface area contributed by atoms with Crippen molar-refractivity contribution in [2.75, 3.05) is 6.61 Å². The molecule has 8 nitrogen and oxygen atoms in total. The summed E-state index contributed by atoms with van der Waals surface area (Å²) in [5.41, 5.74) is 0.982. The number of carboxylic acids is 1. The summed E-state index contributed by atoms with van der Waals surface area (Å²) < 4.78 is 7.26. The predicted molar refractivity (Wildman–Crippen MR) is 110 cm³/mol. The van der Waals surface area contributed by atoms with Gasteiger partial charge < -0.3 is 9.84 Å². The van der Waals surface area contributed by atoms with E-state index in [-0.39, 0.29) is 25.1 Å². The van der Waals surface area contributed by atoms with Gasteiger partial charge in [-0.25, -0.2) is 19.0 Å². The van der Waals surface area contributed by atoms with Crippen LogP contribution in [0.4, 0.5) is 0 Å². The maximum atomic E-state index is 13.2. The Hall–Kier alpha value is -3.42. The fourth-order valence-corrected chi connectivity index (χ4v) is 3.73. The van der Waals surface area contributed by atoms with Gasteiger partial charge in [0.05, 0.1) is 12.2 Å². The van der Waals surface area contributed by atoms with Gasteiger partial charge in [-0.3, -0.25) is 9.36 Å². The number of hydrogen-bond donors (Lipinski definition) is 1. The largest absolute Gasteiger partial charge is 0.480 e. The maximum absolute atomic E-state index is 13.2. The molecule has 1 heterocycles. The average molecular weight is 412 g/mol. The monoisotopic (exact) mass is 412 g/mol. The molecule has 0 saturated carbocycles.